The SMILES string of the molecule is CC(C)NC(=O)CCc1nc(-c2cccnc2)cs1. The second-order valence-corrected chi connectivity index (χ2v) is 5.53. The van der Waals surface area contributed by atoms with E-state index >= 15 is 0 Å². The average molecular weight is 275 g/mol. The van der Waals surface area contributed by atoms with Crippen LogP contribution in [-0.2, 0) is 11.2 Å². The van der Waals surface area contributed by atoms with Gasteiger partial charge < -0.3 is 5.32 Å². The van der Waals surface area contributed by atoms with E-state index in [1.807, 2.05) is 31.4 Å². The smallest absolute Gasteiger partial charge is 0.220 e. The Balaban J connectivity index is 1.93. The summed E-state index contributed by atoms with van der Waals surface area (Å²) < 4.78 is 0. The van der Waals surface area contributed by atoms with E-state index < -0.39 is 0 Å². The number of carbonyl (C=O) groups is 1. The molecule has 19 heavy (non-hydrogen) atoms. The van der Waals surface area contributed by atoms with Crippen molar-refractivity contribution in [2.75, 3.05) is 0 Å². The van der Waals surface area contributed by atoms with Crippen molar-refractivity contribution in [2.24, 2.45) is 0 Å². The summed E-state index contributed by atoms with van der Waals surface area (Å²) in [6, 6.07) is 4.07. The van der Waals surface area contributed by atoms with Gasteiger partial charge in [-0.3, -0.25) is 9.78 Å². The van der Waals surface area contributed by atoms with Crippen molar-refractivity contribution in [1.82, 2.24) is 15.3 Å². The van der Waals surface area contributed by atoms with Gasteiger partial charge in [0.2, 0.25) is 5.91 Å². The Hall–Kier alpha value is -1.75. The maximum absolute atomic E-state index is 11.6. The van der Waals surface area contributed by atoms with E-state index in [2.05, 4.69) is 15.3 Å². The highest BCUT2D eigenvalue weighted by atomic mass is 32.1. The van der Waals surface area contributed by atoms with Crippen LogP contribution < -0.4 is 5.32 Å². The number of hydrogen-bond donors (Lipinski definition) is 1. The van der Waals surface area contributed by atoms with Crippen LogP contribution in [0, 0.1) is 0 Å². The largest absolute Gasteiger partial charge is 0.354 e. The Morgan fingerprint density at radius 1 is 1.47 bits per heavy atom. The second-order valence-electron chi connectivity index (χ2n) is 4.59. The van der Waals surface area contributed by atoms with Gasteiger partial charge in [-0.1, -0.05) is 0 Å². The van der Waals surface area contributed by atoms with Gasteiger partial charge in [0, 0.05) is 42.2 Å². The molecule has 5 heteroatoms. The lowest BCUT2D eigenvalue weighted by Gasteiger charge is -2.06. The van der Waals surface area contributed by atoms with Crippen LogP contribution >= 0.6 is 11.3 Å². The number of nitrogens with zero attached hydrogens (tertiary/aromatic N) is 2. The molecule has 1 N–H and O–H groups in total. The number of amides is 1. The van der Waals surface area contributed by atoms with Crippen LogP contribution in [-0.4, -0.2) is 21.9 Å². The zero-order valence-electron chi connectivity index (χ0n) is 11.1. The summed E-state index contributed by atoms with van der Waals surface area (Å²) in [4.78, 5) is 20.2. The molecule has 2 rings (SSSR count). The summed E-state index contributed by atoms with van der Waals surface area (Å²) >= 11 is 1.59. The third-order valence-electron chi connectivity index (χ3n) is 2.52. The van der Waals surface area contributed by atoms with Gasteiger partial charge in [-0.25, -0.2) is 4.98 Å². The summed E-state index contributed by atoms with van der Waals surface area (Å²) in [5.41, 5.74) is 1.94. The number of hydrogen-bond acceptors (Lipinski definition) is 4. The van der Waals surface area contributed by atoms with Crippen molar-refractivity contribution >= 4 is 17.2 Å². The summed E-state index contributed by atoms with van der Waals surface area (Å²) in [6.45, 7) is 3.92. The molecule has 1 amide bonds. The Kier molecular flexibility index (Phi) is 4.63. The van der Waals surface area contributed by atoms with Gasteiger partial charge in [0.15, 0.2) is 0 Å². The highest BCUT2D eigenvalue weighted by Gasteiger charge is 2.08. The van der Waals surface area contributed by atoms with Crippen LogP contribution in [0.4, 0.5) is 0 Å². The van der Waals surface area contributed by atoms with Gasteiger partial charge in [-0.05, 0) is 26.0 Å². The fraction of sp³-hybridized carbons (Fsp3) is 0.357. The number of aryl methyl sites for hydroxylation is 1. The lowest BCUT2D eigenvalue weighted by atomic mass is 10.2. The van der Waals surface area contributed by atoms with Gasteiger partial charge in [-0.15, -0.1) is 11.3 Å². The summed E-state index contributed by atoms with van der Waals surface area (Å²) in [6.07, 6.45) is 4.71. The molecule has 4 nitrogen and oxygen atoms in total. The number of nitrogens with one attached hydrogen (secondary N) is 1. The Bertz CT molecular complexity index is 537. The Labute approximate surface area is 116 Å². The minimum atomic E-state index is 0.0770. The molecular weight excluding hydrogens is 258 g/mol. The Morgan fingerprint density at radius 2 is 2.32 bits per heavy atom. The molecule has 0 radical (unpaired) electrons. The zero-order valence-corrected chi connectivity index (χ0v) is 11.9. The van der Waals surface area contributed by atoms with Gasteiger partial charge in [-0.2, -0.15) is 0 Å². The first-order valence-electron chi connectivity index (χ1n) is 6.29. The van der Waals surface area contributed by atoms with Crippen molar-refractivity contribution in [1.29, 1.82) is 0 Å². The number of pyridine rings is 1. The molecule has 2 aromatic heterocycles. The molecule has 2 aromatic rings. The van der Waals surface area contributed by atoms with Gasteiger partial charge in [0.05, 0.1) is 10.7 Å². The van der Waals surface area contributed by atoms with Crippen LogP contribution in [0.5, 0.6) is 0 Å². The normalized spacial score (nSPS) is 10.7. The van der Waals surface area contributed by atoms with Gasteiger partial charge >= 0.3 is 0 Å². The quantitative estimate of drug-likeness (QED) is 0.912. The van der Waals surface area contributed by atoms with Crippen LogP contribution in [0.25, 0.3) is 11.3 Å². The highest BCUT2D eigenvalue weighted by Crippen LogP contribution is 2.21. The molecule has 0 aliphatic rings. The van der Waals surface area contributed by atoms with E-state index in [1.165, 1.54) is 0 Å². The van der Waals surface area contributed by atoms with Crippen molar-refractivity contribution in [3.05, 3.63) is 34.9 Å². The molecule has 0 unspecified atom stereocenters. The molecule has 0 bridgehead atoms. The van der Waals surface area contributed by atoms with Crippen molar-refractivity contribution < 1.29 is 4.79 Å². The van der Waals surface area contributed by atoms with Crippen LogP contribution in [0.15, 0.2) is 29.9 Å². The molecular formula is C14H17N3OS. The maximum atomic E-state index is 11.6. The number of thiazole rings is 1. The lowest BCUT2D eigenvalue weighted by molar-refractivity contribution is -0.121. The van der Waals surface area contributed by atoms with Crippen LogP contribution in [0.3, 0.4) is 0 Å². The van der Waals surface area contributed by atoms with Gasteiger partial charge in [0.25, 0.3) is 0 Å². The average Bonchev–Trinajstić information content (AvgIpc) is 2.85. The maximum Gasteiger partial charge on any atom is 0.220 e. The third-order valence-corrected chi connectivity index (χ3v) is 3.43. The summed E-state index contributed by atoms with van der Waals surface area (Å²) in [5, 5.41) is 5.87. The topological polar surface area (TPSA) is 54.9 Å². The minimum absolute atomic E-state index is 0.0770. The molecule has 0 saturated heterocycles. The summed E-state index contributed by atoms with van der Waals surface area (Å²) in [7, 11) is 0. The van der Waals surface area contributed by atoms with Crippen molar-refractivity contribution in [3.63, 3.8) is 0 Å². The van der Waals surface area contributed by atoms with Crippen LogP contribution in [0.1, 0.15) is 25.3 Å². The number of aromatic nitrogens is 2. The van der Waals surface area contributed by atoms with E-state index in [1.54, 1.807) is 23.7 Å². The molecule has 0 aliphatic heterocycles. The number of rotatable bonds is 5. The second kappa shape index (κ2) is 6.43. The highest BCUT2D eigenvalue weighted by molar-refractivity contribution is 7.09. The minimum Gasteiger partial charge on any atom is -0.354 e. The van der Waals surface area contributed by atoms with Gasteiger partial charge in [0.1, 0.15) is 0 Å². The predicted octanol–water partition coefficient (Wildman–Crippen LogP) is 2.66. The van der Waals surface area contributed by atoms with E-state index in [9.17, 15) is 4.79 Å². The fourth-order valence-electron chi connectivity index (χ4n) is 1.69. The molecule has 0 aliphatic carbocycles. The van der Waals surface area contributed by atoms with E-state index in [-0.39, 0.29) is 11.9 Å². The lowest BCUT2D eigenvalue weighted by Crippen LogP contribution is -2.30. The molecule has 2 heterocycles. The van der Waals surface area contributed by atoms with E-state index in [0.29, 0.717) is 12.8 Å². The number of carbonyl (C=O) groups excluding carboxylic acids is 1. The van der Waals surface area contributed by atoms with E-state index in [4.69, 9.17) is 0 Å². The third kappa shape index (κ3) is 4.13. The summed E-state index contributed by atoms with van der Waals surface area (Å²) in [5.74, 6) is 0.0770. The molecule has 0 atom stereocenters. The fourth-order valence-corrected chi connectivity index (χ4v) is 2.49. The molecule has 0 spiro atoms. The monoisotopic (exact) mass is 275 g/mol. The molecule has 0 saturated carbocycles. The first-order valence-corrected chi connectivity index (χ1v) is 7.17. The molecule has 100 valence electrons. The molecule has 0 aromatic carbocycles. The van der Waals surface area contributed by atoms with Crippen LogP contribution in [0.2, 0.25) is 0 Å². The predicted molar refractivity (Wildman–Crippen MR) is 76.9 cm³/mol. The van der Waals surface area contributed by atoms with Crippen molar-refractivity contribution in [2.45, 2.75) is 32.7 Å². The first kappa shape index (κ1) is 13.7. The van der Waals surface area contributed by atoms with E-state index in [0.717, 1.165) is 16.3 Å². The zero-order chi connectivity index (χ0) is 13.7. The Morgan fingerprint density at radius 3 is 3.00 bits per heavy atom. The molecule has 0 fully saturated rings. The van der Waals surface area contributed by atoms with Crippen molar-refractivity contribution in [3.8, 4) is 11.3 Å². The standard InChI is InChI=1S/C14H17N3OS/c1-10(2)16-13(18)5-6-14-17-12(9-19-14)11-4-3-7-15-8-11/h3-4,7-10H,5-6H2,1-2H3,(H,16,18). The first-order chi connectivity index (χ1) is 9.15.